The average Bonchev–Trinajstić information content (AvgIpc) is 3.28. The molecule has 0 bridgehead atoms. The van der Waals surface area contributed by atoms with Crippen molar-refractivity contribution in [3.63, 3.8) is 0 Å². The minimum Gasteiger partial charge on any atom is -0.496 e. The van der Waals surface area contributed by atoms with Crippen LogP contribution in [0.2, 0.25) is 5.02 Å². The van der Waals surface area contributed by atoms with Crippen LogP contribution in [0.15, 0.2) is 81.5 Å². The van der Waals surface area contributed by atoms with Crippen molar-refractivity contribution in [3.8, 4) is 22.8 Å². The second-order valence-corrected chi connectivity index (χ2v) is 9.75. The molecular formula is C25H21BrClN5O2S. The number of methoxy groups -OCH3 is 1. The summed E-state index contributed by atoms with van der Waals surface area (Å²) in [6.45, 7) is 2.03. The van der Waals surface area contributed by atoms with E-state index in [1.54, 1.807) is 13.3 Å². The lowest BCUT2D eigenvalue weighted by Gasteiger charge is -2.11. The van der Waals surface area contributed by atoms with Crippen LogP contribution >= 0.6 is 39.3 Å². The number of aromatic nitrogens is 3. The van der Waals surface area contributed by atoms with Crippen LogP contribution in [0.3, 0.4) is 0 Å². The molecule has 0 spiro atoms. The van der Waals surface area contributed by atoms with Gasteiger partial charge in [0.05, 0.1) is 19.1 Å². The topological polar surface area (TPSA) is 81.4 Å². The molecule has 0 unspecified atom stereocenters. The third-order valence-corrected chi connectivity index (χ3v) is 6.62. The maximum absolute atomic E-state index is 12.5. The molecule has 0 aliphatic carbocycles. The van der Waals surface area contributed by atoms with Gasteiger partial charge in [0.1, 0.15) is 5.75 Å². The number of carbonyl (C=O) groups is 1. The van der Waals surface area contributed by atoms with Crippen LogP contribution in [0.1, 0.15) is 11.1 Å². The maximum Gasteiger partial charge on any atom is 0.250 e. The molecule has 0 aliphatic rings. The van der Waals surface area contributed by atoms with E-state index in [0.29, 0.717) is 21.8 Å². The molecule has 1 N–H and O–H groups in total. The number of aryl methyl sites for hydroxylation is 1. The monoisotopic (exact) mass is 569 g/mol. The van der Waals surface area contributed by atoms with Crippen LogP contribution in [0.5, 0.6) is 5.75 Å². The molecule has 10 heteroatoms. The van der Waals surface area contributed by atoms with Crippen molar-refractivity contribution in [1.82, 2.24) is 20.2 Å². The van der Waals surface area contributed by atoms with Gasteiger partial charge in [-0.2, -0.15) is 5.10 Å². The molecule has 0 radical (unpaired) electrons. The van der Waals surface area contributed by atoms with E-state index in [2.05, 4.69) is 36.7 Å². The van der Waals surface area contributed by atoms with Crippen molar-refractivity contribution < 1.29 is 9.53 Å². The van der Waals surface area contributed by atoms with E-state index in [-0.39, 0.29) is 11.7 Å². The number of hydrogen-bond donors (Lipinski definition) is 1. The van der Waals surface area contributed by atoms with Crippen LogP contribution in [0.25, 0.3) is 17.1 Å². The van der Waals surface area contributed by atoms with Crippen LogP contribution in [-0.4, -0.2) is 39.7 Å². The Morgan fingerprint density at radius 1 is 1.14 bits per heavy atom. The van der Waals surface area contributed by atoms with Gasteiger partial charge in [-0.1, -0.05) is 57.0 Å². The summed E-state index contributed by atoms with van der Waals surface area (Å²) in [7, 11) is 1.58. The summed E-state index contributed by atoms with van der Waals surface area (Å²) < 4.78 is 8.13. The molecule has 0 saturated heterocycles. The fourth-order valence-electron chi connectivity index (χ4n) is 3.22. The van der Waals surface area contributed by atoms with Crippen molar-refractivity contribution >= 4 is 51.4 Å². The number of rotatable bonds is 8. The summed E-state index contributed by atoms with van der Waals surface area (Å²) in [6, 6.07) is 21.0. The Morgan fingerprint density at radius 2 is 1.89 bits per heavy atom. The Morgan fingerprint density at radius 3 is 2.60 bits per heavy atom. The number of benzene rings is 3. The number of ether oxygens (including phenoxy) is 1. The van der Waals surface area contributed by atoms with E-state index in [9.17, 15) is 4.79 Å². The molecule has 7 nitrogen and oxygen atoms in total. The fourth-order valence-corrected chi connectivity index (χ4v) is 4.47. The van der Waals surface area contributed by atoms with Crippen LogP contribution in [0, 0.1) is 6.92 Å². The van der Waals surface area contributed by atoms with Crippen LogP contribution < -0.4 is 10.2 Å². The molecule has 0 atom stereocenters. The standard InChI is InChI=1S/C25H21BrClN5O2S/c1-16-3-10-21(11-4-16)32-24(17-5-8-20(27)9-6-17)30-31-25(32)35-15-23(33)29-28-14-18-13-19(26)7-12-22(18)34-2/h3-14H,15H2,1-2H3,(H,29,33). The highest BCUT2D eigenvalue weighted by atomic mass is 79.9. The van der Waals surface area contributed by atoms with E-state index >= 15 is 0 Å². The highest BCUT2D eigenvalue weighted by Gasteiger charge is 2.17. The molecule has 4 aromatic rings. The summed E-state index contributed by atoms with van der Waals surface area (Å²) in [5, 5.41) is 14.0. The third kappa shape index (κ3) is 6.30. The van der Waals surface area contributed by atoms with Gasteiger partial charge in [0.15, 0.2) is 11.0 Å². The second-order valence-electron chi connectivity index (χ2n) is 7.45. The minimum absolute atomic E-state index is 0.109. The average molecular weight is 571 g/mol. The van der Waals surface area contributed by atoms with Gasteiger partial charge >= 0.3 is 0 Å². The third-order valence-electron chi connectivity index (χ3n) is 4.94. The summed E-state index contributed by atoms with van der Waals surface area (Å²) in [5.74, 6) is 1.15. The minimum atomic E-state index is -0.272. The largest absolute Gasteiger partial charge is 0.496 e. The van der Waals surface area contributed by atoms with Gasteiger partial charge in [-0.25, -0.2) is 5.43 Å². The number of hydrogen-bond acceptors (Lipinski definition) is 6. The Hall–Kier alpha value is -3.14. The van der Waals surface area contributed by atoms with Gasteiger partial charge in [-0.3, -0.25) is 9.36 Å². The second kappa shape index (κ2) is 11.5. The summed E-state index contributed by atoms with van der Waals surface area (Å²) in [6.07, 6.45) is 1.54. The quantitative estimate of drug-likeness (QED) is 0.162. The molecule has 35 heavy (non-hydrogen) atoms. The molecule has 0 aliphatic heterocycles. The summed E-state index contributed by atoms with van der Waals surface area (Å²) >= 11 is 10.8. The molecule has 3 aromatic carbocycles. The molecular weight excluding hydrogens is 550 g/mol. The zero-order valence-corrected chi connectivity index (χ0v) is 22.1. The summed E-state index contributed by atoms with van der Waals surface area (Å²) in [5.41, 5.74) is 6.19. The highest BCUT2D eigenvalue weighted by molar-refractivity contribution is 9.10. The van der Waals surface area contributed by atoms with E-state index < -0.39 is 0 Å². The van der Waals surface area contributed by atoms with Crippen LogP contribution in [-0.2, 0) is 4.79 Å². The number of halogens is 2. The van der Waals surface area contributed by atoms with E-state index in [1.807, 2.05) is 78.2 Å². The van der Waals surface area contributed by atoms with E-state index in [0.717, 1.165) is 26.9 Å². The zero-order chi connectivity index (χ0) is 24.8. The number of hydrazone groups is 1. The van der Waals surface area contributed by atoms with Crippen molar-refractivity contribution in [3.05, 3.63) is 87.4 Å². The van der Waals surface area contributed by atoms with E-state index in [4.69, 9.17) is 16.3 Å². The first kappa shape index (κ1) is 25.0. The SMILES string of the molecule is COc1ccc(Br)cc1C=NNC(=O)CSc1nnc(-c2ccc(Cl)cc2)n1-c1ccc(C)cc1. The smallest absolute Gasteiger partial charge is 0.250 e. The zero-order valence-electron chi connectivity index (χ0n) is 18.9. The van der Waals surface area contributed by atoms with Crippen molar-refractivity contribution in [1.29, 1.82) is 0 Å². The molecule has 0 saturated carbocycles. The Labute approximate surface area is 220 Å². The highest BCUT2D eigenvalue weighted by Crippen LogP contribution is 2.29. The molecule has 0 fully saturated rings. The van der Waals surface area contributed by atoms with Gasteiger partial charge in [0, 0.05) is 26.3 Å². The molecule has 1 amide bonds. The fraction of sp³-hybridized carbons (Fsp3) is 0.120. The lowest BCUT2D eigenvalue weighted by molar-refractivity contribution is -0.118. The van der Waals surface area contributed by atoms with Gasteiger partial charge in [-0.15, -0.1) is 10.2 Å². The predicted molar refractivity (Wildman–Crippen MR) is 144 cm³/mol. The molecule has 1 aromatic heterocycles. The number of carbonyl (C=O) groups excluding carboxylic acids is 1. The van der Waals surface area contributed by atoms with Crippen molar-refractivity contribution in [2.75, 3.05) is 12.9 Å². The molecule has 1 heterocycles. The number of nitrogens with one attached hydrogen (secondary N) is 1. The number of amides is 1. The maximum atomic E-state index is 12.5. The Kier molecular flexibility index (Phi) is 8.22. The van der Waals surface area contributed by atoms with Crippen LogP contribution in [0.4, 0.5) is 0 Å². The first-order valence-corrected chi connectivity index (χ1v) is 12.7. The lowest BCUT2D eigenvalue weighted by Crippen LogP contribution is -2.20. The molecule has 4 rings (SSSR count). The number of nitrogens with zero attached hydrogens (tertiary/aromatic N) is 4. The summed E-state index contributed by atoms with van der Waals surface area (Å²) in [4.78, 5) is 12.5. The van der Waals surface area contributed by atoms with Crippen molar-refractivity contribution in [2.24, 2.45) is 5.10 Å². The first-order valence-electron chi connectivity index (χ1n) is 10.5. The predicted octanol–water partition coefficient (Wildman–Crippen LogP) is 5.91. The number of thioether (sulfide) groups is 1. The van der Waals surface area contributed by atoms with E-state index in [1.165, 1.54) is 11.8 Å². The van der Waals surface area contributed by atoms with Crippen molar-refractivity contribution in [2.45, 2.75) is 12.1 Å². The Bertz CT molecular complexity index is 1360. The lowest BCUT2D eigenvalue weighted by atomic mass is 10.2. The normalized spacial score (nSPS) is 11.1. The first-order chi connectivity index (χ1) is 16.9. The molecule has 178 valence electrons. The Balaban J connectivity index is 1.51. The van der Waals surface area contributed by atoms with Gasteiger partial charge in [-0.05, 0) is 61.5 Å². The van der Waals surface area contributed by atoms with Gasteiger partial charge < -0.3 is 4.74 Å². The van der Waals surface area contributed by atoms with Gasteiger partial charge in [0.25, 0.3) is 5.91 Å². The van der Waals surface area contributed by atoms with Gasteiger partial charge in [0.2, 0.25) is 0 Å².